The number of imide groups is 1. The molecular weight excluding hydrogens is 404 g/mol. The zero-order valence-corrected chi connectivity index (χ0v) is 19.7. The summed E-state index contributed by atoms with van der Waals surface area (Å²) in [6.07, 6.45) is 0.789. The van der Waals surface area contributed by atoms with Gasteiger partial charge >= 0.3 is 6.03 Å². The minimum Gasteiger partial charge on any atom is -0.338 e. The van der Waals surface area contributed by atoms with Crippen molar-refractivity contribution in [1.29, 1.82) is 0 Å². The molecule has 8 nitrogen and oxygen atoms in total. The van der Waals surface area contributed by atoms with Crippen LogP contribution in [0.3, 0.4) is 0 Å². The first-order chi connectivity index (χ1) is 14.0. The van der Waals surface area contributed by atoms with Gasteiger partial charge in [-0.25, -0.2) is 13.2 Å². The average Bonchev–Trinajstić information content (AvgIpc) is 2.69. The van der Waals surface area contributed by atoms with E-state index < -0.39 is 22.0 Å². The van der Waals surface area contributed by atoms with Crippen molar-refractivity contribution in [1.82, 2.24) is 19.8 Å². The number of hydrogen-bond donors (Lipinski definition) is 2. The summed E-state index contributed by atoms with van der Waals surface area (Å²) in [6.45, 7) is 13.7. The zero-order valence-electron chi connectivity index (χ0n) is 18.9. The van der Waals surface area contributed by atoms with Crippen molar-refractivity contribution in [2.24, 2.45) is 0 Å². The van der Waals surface area contributed by atoms with E-state index in [1.807, 2.05) is 46.4 Å². The number of carbonyl (C=O) groups is 2. The summed E-state index contributed by atoms with van der Waals surface area (Å²) in [5, 5.41) is 4.89. The summed E-state index contributed by atoms with van der Waals surface area (Å²) in [5.74, 6) is -0.392. The van der Waals surface area contributed by atoms with Gasteiger partial charge in [-0.1, -0.05) is 6.92 Å². The summed E-state index contributed by atoms with van der Waals surface area (Å²) in [7, 11) is -3.62. The van der Waals surface area contributed by atoms with Gasteiger partial charge in [-0.2, -0.15) is 4.31 Å². The van der Waals surface area contributed by atoms with Gasteiger partial charge in [0.1, 0.15) is 0 Å². The first-order valence-electron chi connectivity index (χ1n) is 10.4. The second-order valence-corrected chi connectivity index (χ2v) is 9.81. The molecule has 0 radical (unpaired) electrons. The van der Waals surface area contributed by atoms with Gasteiger partial charge in [0.15, 0.2) is 0 Å². The molecular formula is C21H34N4O4S. The molecule has 1 fully saturated rings. The lowest BCUT2D eigenvalue weighted by atomic mass is 9.95. The first-order valence-corrected chi connectivity index (χ1v) is 11.8. The SMILES string of the molecule is CCCNC(=O)NC(=O)CN1CCN(S(=O)(=O)c2c(C)c(C)c(C)c(C)c2C)CC1. The molecule has 168 valence electrons. The van der Waals surface area contributed by atoms with Gasteiger partial charge in [-0.3, -0.25) is 15.0 Å². The van der Waals surface area contributed by atoms with Crippen molar-refractivity contribution >= 4 is 22.0 Å². The van der Waals surface area contributed by atoms with Gasteiger partial charge in [0, 0.05) is 32.7 Å². The number of carbonyl (C=O) groups excluding carboxylic acids is 2. The second kappa shape index (κ2) is 9.89. The van der Waals surface area contributed by atoms with E-state index in [9.17, 15) is 18.0 Å². The van der Waals surface area contributed by atoms with E-state index in [0.29, 0.717) is 37.6 Å². The quantitative estimate of drug-likeness (QED) is 0.705. The van der Waals surface area contributed by atoms with Crippen LogP contribution in [-0.2, 0) is 14.8 Å². The molecule has 1 aliphatic heterocycles. The molecule has 2 rings (SSSR count). The van der Waals surface area contributed by atoms with Crippen LogP contribution in [0.5, 0.6) is 0 Å². The lowest BCUT2D eigenvalue weighted by Crippen LogP contribution is -2.52. The number of sulfonamides is 1. The normalized spacial score (nSPS) is 15.8. The van der Waals surface area contributed by atoms with Gasteiger partial charge in [0.25, 0.3) is 0 Å². The molecule has 9 heteroatoms. The maximum Gasteiger partial charge on any atom is 0.321 e. The Morgan fingerprint density at radius 2 is 1.37 bits per heavy atom. The third kappa shape index (κ3) is 5.19. The fraction of sp³-hybridized carbons (Fsp3) is 0.619. The molecule has 3 amide bonds. The highest BCUT2D eigenvalue weighted by Gasteiger charge is 2.32. The van der Waals surface area contributed by atoms with Gasteiger partial charge < -0.3 is 5.32 Å². The van der Waals surface area contributed by atoms with E-state index in [0.717, 1.165) is 34.2 Å². The number of hydrogen-bond acceptors (Lipinski definition) is 5. The zero-order chi connectivity index (χ0) is 22.6. The van der Waals surface area contributed by atoms with Gasteiger partial charge in [-0.15, -0.1) is 0 Å². The van der Waals surface area contributed by atoms with E-state index in [4.69, 9.17) is 0 Å². The monoisotopic (exact) mass is 438 g/mol. The van der Waals surface area contributed by atoms with Crippen molar-refractivity contribution in [3.8, 4) is 0 Å². The van der Waals surface area contributed by atoms with Crippen LogP contribution in [0.2, 0.25) is 0 Å². The molecule has 0 aromatic heterocycles. The summed E-state index contributed by atoms with van der Waals surface area (Å²) < 4.78 is 28.3. The predicted molar refractivity (Wildman–Crippen MR) is 117 cm³/mol. The number of benzene rings is 1. The minimum atomic E-state index is -3.62. The molecule has 1 aromatic rings. The third-order valence-corrected chi connectivity index (χ3v) is 8.19. The highest BCUT2D eigenvalue weighted by molar-refractivity contribution is 7.89. The Kier molecular flexibility index (Phi) is 8.01. The van der Waals surface area contributed by atoms with Crippen LogP contribution < -0.4 is 10.6 Å². The molecule has 2 N–H and O–H groups in total. The van der Waals surface area contributed by atoms with E-state index in [-0.39, 0.29) is 6.54 Å². The Morgan fingerprint density at radius 3 is 1.87 bits per heavy atom. The van der Waals surface area contributed by atoms with Gasteiger partial charge in [-0.05, 0) is 68.9 Å². The Bertz CT molecular complexity index is 890. The molecule has 1 aromatic carbocycles. The molecule has 0 atom stereocenters. The maximum atomic E-state index is 13.4. The number of urea groups is 1. The van der Waals surface area contributed by atoms with Crippen LogP contribution >= 0.6 is 0 Å². The average molecular weight is 439 g/mol. The molecule has 30 heavy (non-hydrogen) atoms. The van der Waals surface area contributed by atoms with Gasteiger partial charge in [0.05, 0.1) is 11.4 Å². The topological polar surface area (TPSA) is 98.8 Å². The largest absolute Gasteiger partial charge is 0.338 e. The van der Waals surface area contributed by atoms with E-state index in [1.165, 1.54) is 4.31 Å². The number of rotatable bonds is 6. The van der Waals surface area contributed by atoms with E-state index in [2.05, 4.69) is 10.6 Å². The molecule has 1 saturated heterocycles. The molecule has 0 bridgehead atoms. The Hall–Kier alpha value is -1.97. The standard InChI is InChI=1S/C21H34N4O4S/c1-7-8-22-21(27)23-19(26)13-24-9-11-25(12-10-24)30(28,29)20-17(5)15(3)14(2)16(4)18(20)6/h7-13H2,1-6H3,(H2,22,23,26,27). The lowest BCUT2D eigenvalue weighted by Gasteiger charge is -2.34. The lowest BCUT2D eigenvalue weighted by molar-refractivity contribution is -0.121. The summed E-state index contributed by atoms with van der Waals surface area (Å²) in [4.78, 5) is 25.9. The summed E-state index contributed by atoms with van der Waals surface area (Å²) in [6, 6.07) is -0.501. The summed E-state index contributed by atoms with van der Waals surface area (Å²) >= 11 is 0. The van der Waals surface area contributed by atoms with Crippen LogP contribution in [0.1, 0.15) is 41.2 Å². The van der Waals surface area contributed by atoms with Crippen molar-refractivity contribution < 1.29 is 18.0 Å². The van der Waals surface area contributed by atoms with Crippen LogP contribution in [-0.4, -0.2) is 68.8 Å². The van der Waals surface area contributed by atoms with Crippen LogP contribution in [0.4, 0.5) is 4.79 Å². The Morgan fingerprint density at radius 1 is 0.867 bits per heavy atom. The molecule has 1 heterocycles. The molecule has 1 aliphatic rings. The highest BCUT2D eigenvalue weighted by atomic mass is 32.2. The van der Waals surface area contributed by atoms with Crippen molar-refractivity contribution in [3.63, 3.8) is 0 Å². The van der Waals surface area contributed by atoms with Crippen LogP contribution in [0, 0.1) is 34.6 Å². The van der Waals surface area contributed by atoms with Crippen molar-refractivity contribution in [3.05, 3.63) is 27.8 Å². The van der Waals surface area contributed by atoms with E-state index in [1.54, 1.807) is 0 Å². The highest BCUT2D eigenvalue weighted by Crippen LogP contribution is 2.31. The van der Waals surface area contributed by atoms with Crippen molar-refractivity contribution in [2.45, 2.75) is 52.9 Å². The molecule has 0 unspecified atom stereocenters. The van der Waals surface area contributed by atoms with Gasteiger partial charge in [0.2, 0.25) is 15.9 Å². The smallest absolute Gasteiger partial charge is 0.321 e. The van der Waals surface area contributed by atoms with Crippen molar-refractivity contribution in [2.75, 3.05) is 39.3 Å². The molecule has 0 aliphatic carbocycles. The minimum absolute atomic E-state index is 0.0637. The van der Waals surface area contributed by atoms with E-state index >= 15 is 0 Å². The number of amides is 3. The number of nitrogens with zero attached hydrogens (tertiary/aromatic N) is 2. The number of piperazine rings is 1. The molecule has 0 saturated carbocycles. The Balaban J connectivity index is 2.05. The van der Waals surface area contributed by atoms with Crippen LogP contribution in [0.25, 0.3) is 0 Å². The fourth-order valence-electron chi connectivity index (χ4n) is 3.76. The summed E-state index contributed by atoms with van der Waals surface area (Å²) in [5.41, 5.74) is 4.75. The molecule has 0 spiro atoms. The fourth-order valence-corrected chi connectivity index (χ4v) is 5.74. The third-order valence-electron chi connectivity index (χ3n) is 6.02. The number of nitrogens with one attached hydrogen (secondary N) is 2. The second-order valence-electron chi connectivity index (χ2n) is 7.94. The van der Waals surface area contributed by atoms with Crippen LogP contribution in [0.15, 0.2) is 4.90 Å². The predicted octanol–water partition coefficient (Wildman–Crippen LogP) is 1.77. The first kappa shape index (κ1) is 24.3. The maximum absolute atomic E-state index is 13.4. The Labute approximate surface area is 180 Å².